The molecule has 1 fully saturated rings. The zero-order chi connectivity index (χ0) is 12.5. The van der Waals surface area contributed by atoms with Gasteiger partial charge in [0.25, 0.3) is 0 Å². The van der Waals surface area contributed by atoms with Crippen molar-refractivity contribution >= 4 is 21.5 Å². The molecule has 1 aliphatic heterocycles. The summed E-state index contributed by atoms with van der Waals surface area (Å²) in [6.07, 6.45) is -2.55. The maximum atomic E-state index is 12.2. The molecule has 0 radical (unpaired) electrons. The number of aromatic nitrogens is 1. The van der Waals surface area contributed by atoms with E-state index in [1.807, 2.05) is 4.90 Å². The molecular formula is C9H13F3N4S. The topological polar surface area (TPSA) is 45.4 Å². The van der Waals surface area contributed by atoms with E-state index in [2.05, 4.69) is 4.98 Å². The lowest BCUT2D eigenvalue weighted by Crippen LogP contribution is -2.49. The van der Waals surface area contributed by atoms with Gasteiger partial charge in [0.2, 0.25) is 0 Å². The Morgan fingerprint density at radius 1 is 1.29 bits per heavy atom. The maximum Gasteiger partial charge on any atom is 0.401 e. The Kier molecular flexibility index (Phi) is 3.43. The Balaban J connectivity index is 1.86. The second-order valence-electron chi connectivity index (χ2n) is 3.92. The third-order valence-electron chi connectivity index (χ3n) is 2.56. The van der Waals surface area contributed by atoms with Crippen LogP contribution in [0.4, 0.5) is 23.3 Å². The van der Waals surface area contributed by atoms with E-state index in [4.69, 9.17) is 5.73 Å². The second kappa shape index (κ2) is 4.69. The van der Waals surface area contributed by atoms with E-state index in [1.165, 1.54) is 16.2 Å². The molecule has 2 heterocycles. The first kappa shape index (κ1) is 12.4. The molecule has 17 heavy (non-hydrogen) atoms. The summed E-state index contributed by atoms with van der Waals surface area (Å²) in [6, 6.07) is 0. The minimum Gasteiger partial charge on any atom is -0.389 e. The van der Waals surface area contributed by atoms with Crippen LogP contribution in [0.15, 0.2) is 6.20 Å². The molecule has 1 aromatic heterocycles. The van der Waals surface area contributed by atoms with Crippen molar-refractivity contribution in [1.82, 2.24) is 9.88 Å². The molecule has 0 atom stereocenters. The maximum absolute atomic E-state index is 12.2. The van der Waals surface area contributed by atoms with E-state index in [0.29, 0.717) is 31.2 Å². The molecule has 1 aromatic rings. The summed E-state index contributed by atoms with van der Waals surface area (Å²) in [5, 5.41) is 1.41. The average molecular weight is 266 g/mol. The van der Waals surface area contributed by atoms with Crippen LogP contribution in [0, 0.1) is 0 Å². The molecule has 2 rings (SSSR count). The molecule has 0 unspecified atom stereocenters. The van der Waals surface area contributed by atoms with Crippen LogP contribution in [0.2, 0.25) is 0 Å². The van der Waals surface area contributed by atoms with Gasteiger partial charge in [0.05, 0.1) is 12.7 Å². The molecule has 0 bridgehead atoms. The number of hydrogen-bond acceptors (Lipinski definition) is 5. The van der Waals surface area contributed by atoms with Crippen LogP contribution in [-0.2, 0) is 0 Å². The van der Waals surface area contributed by atoms with Crippen LogP contribution < -0.4 is 10.6 Å². The number of hydrogen-bond donors (Lipinski definition) is 1. The van der Waals surface area contributed by atoms with Gasteiger partial charge in [-0.25, -0.2) is 4.98 Å². The van der Waals surface area contributed by atoms with E-state index >= 15 is 0 Å². The Morgan fingerprint density at radius 2 is 1.94 bits per heavy atom. The van der Waals surface area contributed by atoms with Gasteiger partial charge in [0, 0.05) is 26.2 Å². The predicted octanol–water partition coefficient (Wildman–Crippen LogP) is 1.41. The molecule has 0 amide bonds. The first-order chi connectivity index (χ1) is 7.94. The minimum absolute atomic E-state index is 0.402. The number of anilines is 2. The van der Waals surface area contributed by atoms with E-state index in [9.17, 15) is 13.2 Å². The van der Waals surface area contributed by atoms with Crippen LogP contribution in [0.5, 0.6) is 0 Å². The summed E-state index contributed by atoms with van der Waals surface area (Å²) < 4.78 is 36.5. The Bertz CT molecular complexity index is 371. The lowest BCUT2D eigenvalue weighted by atomic mass is 10.3. The summed E-state index contributed by atoms with van der Waals surface area (Å²) >= 11 is 1.36. The van der Waals surface area contributed by atoms with Crippen LogP contribution in [0.1, 0.15) is 0 Å². The van der Waals surface area contributed by atoms with Crippen molar-refractivity contribution in [2.24, 2.45) is 0 Å². The van der Waals surface area contributed by atoms with Crippen molar-refractivity contribution in [3.63, 3.8) is 0 Å². The Labute approximate surface area is 101 Å². The van der Waals surface area contributed by atoms with Gasteiger partial charge in [-0.05, 0) is 0 Å². The first-order valence-corrected chi connectivity index (χ1v) is 6.01. The molecule has 0 spiro atoms. The van der Waals surface area contributed by atoms with E-state index in [-0.39, 0.29) is 0 Å². The summed E-state index contributed by atoms with van der Waals surface area (Å²) in [5.74, 6) is 0. The summed E-state index contributed by atoms with van der Waals surface area (Å²) in [6.45, 7) is 1.09. The fraction of sp³-hybridized carbons (Fsp3) is 0.667. The monoisotopic (exact) mass is 266 g/mol. The quantitative estimate of drug-likeness (QED) is 0.879. The van der Waals surface area contributed by atoms with Crippen molar-refractivity contribution in [3.8, 4) is 0 Å². The highest BCUT2D eigenvalue weighted by atomic mass is 32.1. The lowest BCUT2D eigenvalue weighted by Gasteiger charge is -2.34. The third kappa shape index (κ3) is 3.47. The van der Waals surface area contributed by atoms with Crippen molar-refractivity contribution in [3.05, 3.63) is 6.20 Å². The number of rotatable bonds is 2. The van der Waals surface area contributed by atoms with Gasteiger partial charge in [-0.2, -0.15) is 13.2 Å². The van der Waals surface area contributed by atoms with E-state index in [1.54, 1.807) is 6.20 Å². The van der Waals surface area contributed by atoms with Crippen molar-refractivity contribution < 1.29 is 13.2 Å². The molecule has 1 aliphatic rings. The van der Waals surface area contributed by atoms with Gasteiger partial charge in [-0.1, -0.05) is 11.3 Å². The standard InChI is InChI=1S/C9H13F3N4S/c10-9(11,12)6-15-1-3-16(4-2-15)8-14-5-7(13)17-8/h5H,1-4,6,13H2. The number of nitrogens with two attached hydrogens (primary N) is 1. The van der Waals surface area contributed by atoms with Gasteiger partial charge in [-0.15, -0.1) is 0 Å². The predicted molar refractivity (Wildman–Crippen MR) is 61.2 cm³/mol. The largest absolute Gasteiger partial charge is 0.401 e. The zero-order valence-corrected chi connectivity index (χ0v) is 9.89. The lowest BCUT2D eigenvalue weighted by molar-refractivity contribution is -0.146. The molecule has 4 nitrogen and oxygen atoms in total. The summed E-state index contributed by atoms with van der Waals surface area (Å²) in [4.78, 5) is 7.49. The normalized spacial score (nSPS) is 18.6. The van der Waals surface area contributed by atoms with Crippen molar-refractivity contribution in [2.75, 3.05) is 43.4 Å². The molecule has 8 heteroatoms. The molecule has 2 N–H and O–H groups in total. The fourth-order valence-electron chi connectivity index (χ4n) is 1.77. The second-order valence-corrected chi connectivity index (χ2v) is 4.96. The first-order valence-electron chi connectivity index (χ1n) is 5.19. The van der Waals surface area contributed by atoms with Gasteiger partial charge >= 0.3 is 6.18 Å². The van der Waals surface area contributed by atoms with Gasteiger partial charge < -0.3 is 10.6 Å². The molecule has 0 aromatic carbocycles. The Hall–Kier alpha value is -1.02. The highest BCUT2D eigenvalue weighted by molar-refractivity contribution is 7.19. The number of nitrogen functional groups attached to an aromatic ring is 1. The smallest absolute Gasteiger partial charge is 0.389 e. The van der Waals surface area contributed by atoms with E-state index < -0.39 is 12.7 Å². The Morgan fingerprint density at radius 3 is 2.41 bits per heavy atom. The molecule has 1 saturated heterocycles. The number of nitrogens with zero attached hydrogens (tertiary/aromatic N) is 3. The molecular weight excluding hydrogens is 253 g/mol. The SMILES string of the molecule is Nc1cnc(N2CCN(CC(F)(F)F)CC2)s1. The summed E-state index contributed by atoms with van der Waals surface area (Å²) in [7, 11) is 0. The number of halogens is 3. The highest BCUT2D eigenvalue weighted by Gasteiger charge is 2.32. The van der Waals surface area contributed by atoms with Crippen LogP contribution in [0.25, 0.3) is 0 Å². The minimum atomic E-state index is -4.12. The molecule has 96 valence electrons. The van der Waals surface area contributed by atoms with Crippen LogP contribution >= 0.6 is 11.3 Å². The van der Waals surface area contributed by atoms with Crippen LogP contribution in [-0.4, -0.2) is 48.8 Å². The number of alkyl halides is 3. The fourth-order valence-corrected chi connectivity index (χ4v) is 2.51. The van der Waals surface area contributed by atoms with Gasteiger partial charge in [-0.3, -0.25) is 4.90 Å². The highest BCUT2D eigenvalue weighted by Crippen LogP contribution is 2.25. The number of thiazole rings is 1. The number of piperazine rings is 1. The van der Waals surface area contributed by atoms with Gasteiger partial charge in [0.15, 0.2) is 5.13 Å². The van der Waals surface area contributed by atoms with E-state index in [0.717, 1.165) is 5.13 Å². The van der Waals surface area contributed by atoms with Crippen molar-refractivity contribution in [1.29, 1.82) is 0 Å². The third-order valence-corrected chi connectivity index (χ3v) is 3.44. The molecule has 0 aliphatic carbocycles. The van der Waals surface area contributed by atoms with Crippen LogP contribution in [0.3, 0.4) is 0 Å². The van der Waals surface area contributed by atoms with Crippen molar-refractivity contribution in [2.45, 2.75) is 6.18 Å². The summed E-state index contributed by atoms with van der Waals surface area (Å²) in [5.41, 5.74) is 5.57. The zero-order valence-electron chi connectivity index (χ0n) is 9.07. The average Bonchev–Trinajstić information content (AvgIpc) is 2.63. The van der Waals surface area contributed by atoms with Gasteiger partial charge in [0.1, 0.15) is 5.00 Å². The molecule has 0 saturated carbocycles.